The fourth-order valence-corrected chi connectivity index (χ4v) is 4.63. The molecular weight excluding hydrogens is 324 g/mol. The van der Waals surface area contributed by atoms with E-state index >= 15 is 0 Å². The minimum absolute atomic E-state index is 0.393. The smallest absolute Gasteiger partial charge is 0.241 e. The highest BCUT2D eigenvalue weighted by molar-refractivity contribution is 7.98. The van der Waals surface area contributed by atoms with Gasteiger partial charge in [0.05, 0.1) is 4.90 Å². The zero-order valence-corrected chi connectivity index (χ0v) is 15.3. The van der Waals surface area contributed by atoms with Crippen LogP contribution in [-0.4, -0.2) is 33.5 Å². The molecule has 21 heavy (non-hydrogen) atoms. The van der Waals surface area contributed by atoms with Gasteiger partial charge in [0.1, 0.15) is 0 Å². The van der Waals surface area contributed by atoms with E-state index in [-0.39, 0.29) is 0 Å². The molecule has 1 aromatic rings. The van der Waals surface area contributed by atoms with E-state index in [0.717, 1.165) is 49.4 Å². The Morgan fingerprint density at radius 2 is 2.05 bits per heavy atom. The highest BCUT2D eigenvalue weighted by atomic mass is 32.2. The lowest BCUT2D eigenvalue weighted by Crippen LogP contribution is -2.24. The Hall–Kier alpha value is -0.0800. The Morgan fingerprint density at radius 3 is 2.76 bits per heavy atom. The average molecular weight is 351 g/mol. The summed E-state index contributed by atoms with van der Waals surface area (Å²) in [5.41, 5.74) is 0. The second-order valence-corrected chi connectivity index (χ2v) is 8.63. The maximum absolute atomic E-state index is 12.1. The maximum atomic E-state index is 12.1. The first-order valence-corrected chi connectivity index (χ1v) is 11.1. The van der Waals surface area contributed by atoms with Crippen LogP contribution in [0.3, 0.4) is 0 Å². The van der Waals surface area contributed by atoms with Crippen LogP contribution in [-0.2, 0) is 16.6 Å². The van der Waals surface area contributed by atoms with Gasteiger partial charge in [-0.25, -0.2) is 13.1 Å². The van der Waals surface area contributed by atoms with Crippen LogP contribution in [0.5, 0.6) is 0 Å². The largest absolute Gasteiger partial charge is 0.312 e. The molecule has 0 atom stereocenters. The summed E-state index contributed by atoms with van der Waals surface area (Å²) >= 11 is 3.32. The van der Waals surface area contributed by atoms with Crippen LogP contribution in [0.1, 0.15) is 37.5 Å². The molecule has 0 saturated heterocycles. The van der Waals surface area contributed by atoms with Crippen molar-refractivity contribution in [3.63, 3.8) is 0 Å². The first-order chi connectivity index (χ1) is 10.1. The molecule has 0 saturated carbocycles. The molecule has 0 spiro atoms. The fraction of sp³-hybridized carbons (Fsp3) is 0.714. The molecular formula is C14H26N2O2S3. The van der Waals surface area contributed by atoms with Crippen molar-refractivity contribution in [2.45, 2.75) is 44.0 Å². The van der Waals surface area contributed by atoms with Crippen molar-refractivity contribution in [1.29, 1.82) is 0 Å². The van der Waals surface area contributed by atoms with Gasteiger partial charge in [-0.05, 0) is 43.9 Å². The molecule has 0 fully saturated rings. The van der Waals surface area contributed by atoms with Gasteiger partial charge in [0, 0.05) is 23.3 Å². The van der Waals surface area contributed by atoms with Crippen molar-refractivity contribution in [2.75, 3.05) is 25.1 Å². The molecule has 1 heterocycles. The SMILES string of the molecule is CCCNCc1cc(S(=O)(=O)NCCCCCSC)cs1. The van der Waals surface area contributed by atoms with Gasteiger partial charge in [-0.2, -0.15) is 11.8 Å². The van der Waals surface area contributed by atoms with E-state index in [1.807, 2.05) is 11.8 Å². The van der Waals surface area contributed by atoms with Crippen LogP contribution in [0.15, 0.2) is 16.3 Å². The molecule has 0 aliphatic carbocycles. The number of unbranched alkanes of at least 4 members (excludes halogenated alkanes) is 2. The van der Waals surface area contributed by atoms with E-state index in [4.69, 9.17) is 0 Å². The van der Waals surface area contributed by atoms with Gasteiger partial charge in [-0.15, -0.1) is 11.3 Å². The standard InChI is InChI=1S/C14H26N2O2S3/c1-3-7-15-11-13-10-14(12-20-13)21(17,18)16-8-5-4-6-9-19-2/h10,12,15-16H,3-9,11H2,1-2H3. The van der Waals surface area contributed by atoms with Crippen LogP contribution < -0.4 is 10.0 Å². The highest BCUT2D eigenvalue weighted by Crippen LogP contribution is 2.19. The lowest BCUT2D eigenvalue weighted by atomic mass is 10.2. The van der Waals surface area contributed by atoms with Crippen molar-refractivity contribution in [3.8, 4) is 0 Å². The highest BCUT2D eigenvalue weighted by Gasteiger charge is 2.15. The minimum Gasteiger partial charge on any atom is -0.312 e. The third-order valence-corrected chi connectivity index (χ3v) is 6.21. The molecule has 0 bridgehead atoms. The van der Waals surface area contributed by atoms with E-state index < -0.39 is 10.0 Å². The predicted molar refractivity (Wildman–Crippen MR) is 93.7 cm³/mol. The van der Waals surface area contributed by atoms with Gasteiger partial charge in [-0.1, -0.05) is 13.3 Å². The number of sulfonamides is 1. The van der Waals surface area contributed by atoms with Crippen LogP contribution in [0.2, 0.25) is 0 Å². The predicted octanol–water partition coefficient (Wildman–Crippen LogP) is 3.06. The second kappa shape index (κ2) is 10.6. The number of hydrogen-bond donors (Lipinski definition) is 2. The topological polar surface area (TPSA) is 58.2 Å². The van der Waals surface area contributed by atoms with Gasteiger partial charge >= 0.3 is 0 Å². The average Bonchev–Trinajstić information content (AvgIpc) is 2.93. The number of thioether (sulfide) groups is 1. The Morgan fingerprint density at radius 1 is 1.24 bits per heavy atom. The number of nitrogens with one attached hydrogen (secondary N) is 2. The molecule has 0 aliphatic heterocycles. The fourth-order valence-electron chi connectivity index (χ4n) is 1.82. The first-order valence-electron chi connectivity index (χ1n) is 7.37. The van der Waals surface area contributed by atoms with Crippen molar-refractivity contribution in [3.05, 3.63) is 16.3 Å². The van der Waals surface area contributed by atoms with Crippen molar-refractivity contribution >= 4 is 33.1 Å². The zero-order valence-electron chi connectivity index (χ0n) is 12.9. The maximum Gasteiger partial charge on any atom is 0.241 e. The summed E-state index contributed by atoms with van der Waals surface area (Å²) in [5, 5.41) is 5.00. The summed E-state index contributed by atoms with van der Waals surface area (Å²) < 4.78 is 27.0. The molecule has 4 nitrogen and oxygen atoms in total. The van der Waals surface area contributed by atoms with Crippen LogP contribution >= 0.6 is 23.1 Å². The van der Waals surface area contributed by atoms with Crippen molar-refractivity contribution in [1.82, 2.24) is 10.0 Å². The molecule has 0 unspecified atom stereocenters. The third kappa shape index (κ3) is 7.65. The number of thiophene rings is 1. The van der Waals surface area contributed by atoms with Gasteiger partial charge < -0.3 is 5.32 Å². The summed E-state index contributed by atoms with van der Waals surface area (Å²) in [6.45, 7) is 4.33. The van der Waals surface area contributed by atoms with Crippen LogP contribution in [0, 0.1) is 0 Å². The summed E-state index contributed by atoms with van der Waals surface area (Å²) in [6.07, 6.45) is 6.28. The lowest BCUT2D eigenvalue weighted by molar-refractivity contribution is 0.576. The second-order valence-electron chi connectivity index (χ2n) is 4.88. The van der Waals surface area contributed by atoms with E-state index in [1.165, 1.54) is 11.3 Å². The quantitative estimate of drug-likeness (QED) is 0.569. The molecule has 0 aromatic carbocycles. The van der Waals surface area contributed by atoms with E-state index in [1.54, 1.807) is 11.4 Å². The normalized spacial score (nSPS) is 11.9. The monoisotopic (exact) mass is 350 g/mol. The molecule has 1 aromatic heterocycles. The van der Waals surface area contributed by atoms with E-state index in [9.17, 15) is 8.42 Å². The first kappa shape index (κ1) is 19.0. The van der Waals surface area contributed by atoms with Crippen molar-refractivity contribution < 1.29 is 8.42 Å². The Bertz CT molecular complexity index is 486. The van der Waals surface area contributed by atoms with Gasteiger partial charge in [0.15, 0.2) is 0 Å². The number of hydrogen-bond acceptors (Lipinski definition) is 5. The molecule has 0 aliphatic rings. The number of rotatable bonds is 12. The van der Waals surface area contributed by atoms with Gasteiger partial charge in [-0.3, -0.25) is 0 Å². The summed E-state index contributed by atoms with van der Waals surface area (Å²) in [6, 6.07) is 1.77. The van der Waals surface area contributed by atoms with Gasteiger partial charge in [0.2, 0.25) is 10.0 Å². The van der Waals surface area contributed by atoms with Crippen LogP contribution in [0.25, 0.3) is 0 Å². The minimum atomic E-state index is -3.34. The Balaban J connectivity index is 2.36. The Kier molecular flexibility index (Phi) is 9.59. The molecule has 7 heteroatoms. The molecule has 0 amide bonds. The summed E-state index contributed by atoms with van der Waals surface area (Å²) in [7, 11) is -3.34. The third-order valence-electron chi connectivity index (χ3n) is 2.98. The van der Waals surface area contributed by atoms with Gasteiger partial charge in [0.25, 0.3) is 0 Å². The summed E-state index contributed by atoms with van der Waals surface area (Å²) in [5.74, 6) is 1.14. The van der Waals surface area contributed by atoms with E-state index in [2.05, 4.69) is 23.2 Å². The van der Waals surface area contributed by atoms with Crippen LogP contribution in [0.4, 0.5) is 0 Å². The van der Waals surface area contributed by atoms with E-state index in [0.29, 0.717) is 11.4 Å². The molecule has 0 radical (unpaired) electrons. The molecule has 2 N–H and O–H groups in total. The summed E-state index contributed by atoms with van der Waals surface area (Å²) in [4.78, 5) is 1.45. The Labute approximate surface area is 137 Å². The van der Waals surface area contributed by atoms with Crippen molar-refractivity contribution in [2.24, 2.45) is 0 Å². The zero-order chi connectivity index (χ0) is 15.6. The molecule has 1 rings (SSSR count). The lowest BCUT2D eigenvalue weighted by Gasteiger charge is -2.04. The molecule has 122 valence electrons.